The SMILES string of the molecule is O=C(CCCCCNC(=O)OCC1c2ccccc2-c2ccccc21)Oc1c(F)c(F)c(F)c(F)c1F. The average molecular weight is 519 g/mol. The second-order valence-electron chi connectivity index (χ2n) is 8.44. The lowest BCUT2D eigenvalue weighted by molar-refractivity contribution is -0.135. The van der Waals surface area contributed by atoms with Crippen LogP contribution in [0.4, 0.5) is 26.7 Å². The van der Waals surface area contributed by atoms with Crippen LogP contribution in [0.5, 0.6) is 5.75 Å². The Balaban J connectivity index is 1.16. The summed E-state index contributed by atoms with van der Waals surface area (Å²) in [5, 5.41) is 2.62. The average Bonchev–Trinajstić information content (AvgIpc) is 3.23. The largest absolute Gasteiger partial charge is 0.449 e. The van der Waals surface area contributed by atoms with E-state index in [9.17, 15) is 31.5 Å². The Morgan fingerprint density at radius 2 is 1.27 bits per heavy atom. The van der Waals surface area contributed by atoms with Crippen molar-refractivity contribution in [3.05, 3.63) is 88.7 Å². The van der Waals surface area contributed by atoms with Crippen LogP contribution in [-0.4, -0.2) is 25.2 Å². The lowest BCUT2D eigenvalue weighted by atomic mass is 9.98. The van der Waals surface area contributed by atoms with Gasteiger partial charge in [-0.05, 0) is 35.1 Å². The Morgan fingerprint density at radius 3 is 1.86 bits per heavy atom. The van der Waals surface area contributed by atoms with Crippen molar-refractivity contribution in [3.8, 4) is 16.9 Å². The monoisotopic (exact) mass is 519 g/mol. The van der Waals surface area contributed by atoms with Crippen LogP contribution in [0.1, 0.15) is 42.7 Å². The number of hydrogen-bond donors (Lipinski definition) is 1. The van der Waals surface area contributed by atoms with Crippen LogP contribution in [0.15, 0.2) is 48.5 Å². The van der Waals surface area contributed by atoms with Crippen molar-refractivity contribution in [1.82, 2.24) is 5.32 Å². The summed E-state index contributed by atoms with van der Waals surface area (Å²) in [6.07, 6.45) is 0.188. The fraction of sp³-hybridized carbons (Fsp3) is 0.259. The van der Waals surface area contributed by atoms with Crippen molar-refractivity contribution in [3.63, 3.8) is 0 Å². The molecular weight excluding hydrogens is 497 g/mol. The third-order valence-corrected chi connectivity index (χ3v) is 6.06. The molecule has 3 aromatic carbocycles. The summed E-state index contributed by atoms with van der Waals surface area (Å²) in [6.45, 7) is 0.423. The number of fused-ring (bicyclic) bond motifs is 3. The van der Waals surface area contributed by atoms with Crippen LogP contribution < -0.4 is 10.1 Å². The first kappa shape index (κ1) is 26.1. The van der Waals surface area contributed by atoms with Gasteiger partial charge in [0.1, 0.15) is 6.61 Å². The first-order valence-corrected chi connectivity index (χ1v) is 11.6. The van der Waals surface area contributed by atoms with Crippen LogP contribution in [0.3, 0.4) is 0 Å². The van der Waals surface area contributed by atoms with Gasteiger partial charge in [0.05, 0.1) is 0 Å². The third-order valence-electron chi connectivity index (χ3n) is 6.06. The normalized spacial score (nSPS) is 12.1. The summed E-state index contributed by atoms with van der Waals surface area (Å²) in [6, 6.07) is 15.9. The fourth-order valence-electron chi connectivity index (χ4n) is 4.25. The highest BCUT2D eigenvalue weighted by Gasteiger charge is 2.30. The molecule has 10 heteroatoms. The Kier molecular flexibility index (Phi) is 8.05. The molecule has 0 radical (unpaired) electrons. The second-order valence-corrected chi connectivity index (χ2v) is 8.44. The maximum atomic E-state index is 13.6. The molecule has 0 aromatic heterocycles. The van der Waals surface area contributed by atoms with E-state index in [1.54, 1.807) is 0 Å². The molecule has 0 unspecified atom stereocenters. The molecule has 194 valence electrons. The van der Waals surface area contributed by atoms with E-state index in [0.717, 1.165) is 22.3 Å². The molecule has 0 spiro atoms. The van der Waals surface area contributed by atoms with Crippen molar-refractivity contribution >= 4 is 12.1 Å². The smallest absolute Gasteiger partial charge is 0.407 e. The summed E-state index contributed by atoms with van der Waals surface area (Å²) < 4.78 is 76.4. The zero-order valence-electron chi connectivity index (χ0n) is 19.5. The van der Waals surface area contributed by atoms with Crippen LogP contribution in [0.25, 0.3) is 11.1 Å². The van der Waals surface area contributed by atoms with Crippen molar-refractivity contribution in [2.24, 2.45) is 0 Å². The number of unbranched alkanes of at least 4 members (excludes halogenated alkanes) is 2. The molecule has 1 N–H and O–H groups in total. The Hall–Kier alpha value is -3.95. The third kappa shape index (κ3) is 5.58. The highest BCUT2D eigenvalue weighted by atomic mass is 19.2. The van der Waals surface area contributed by atoms with E-state index in [0.29, 0.717) is 12.8 Å². The van der Waals surface area contributed by atoms with Gasteiger partial charge in [0.2, 0.25) is 34.8 Å². The second kappa shape index (κ2) is 11.4. The topological polar surface area (TPSA) is 64.6 Å². The molecule has 0 heterocycles. The summed E-state index contributed by atoms with van der Waals surface area (Å²) >= 11 is 0. The number of esters is 1. The number of benzene rings is 3. The number of nitrogens with one attached hydrogen (secondary N) is 1. The number of ether oxygens (including phenoxy) is 2. The molecular formula is C27H22F5NO4. The summed E-state index contributed by atoms with van der Waals surface area (Å²) in [4.78, 5) is 23.9. The highest BCUT2D eigenvalue weighted by molar-refractivity contribution is 5.79. The van der Waals surface area contributed by atoms with Gasteiger partial charge < -0.3 is 14.8 Å². The van der Waals surface area contributed by atoms with Gasteiger partial charge in [-0.15, -0.1) is 0 Å². The van der Waals surface area contributed by atoms with Crippen molar-refractivity contribution in [2.45, 2.75) is 31.6 Å². The van der Waals surface area contributed by atoms with Gasteiger partial charge in [-0.25, -0.2) is 18.0 Å². The van der Waals surface area contributed by atoms with Gasteiger partial charge in [0.25, 0.3) is 0 Å². The van der Waals surface area contributed by atoms with E-state index in [4.69, 9.17) is 4.74 Å². The molecule has 0 atom stereocenters. The molecule has 0 saturated carbocycles. The van der Waals surface area contributed by atoms with Crippen LogP contribution in [0.2, 0.25) is 0 Å². The predicted octanol–water partition coefficient (Wildman–Crippen LogP) is 6.39. The van der Waals surface area contributed by atoms with Gasteiger partial charge >= 0.3 is 12.1 Å². The summed E-state index contributed by atoms with van der Waals surface area (Å²) in [7, 11) is 0. The van der Waals surface area contributed by atoms with E-state index >= 15 is 0 Å². The molecule has 1 amide bonds. The fourth-order valence-corrected chi connectivity index (χ4v) is 4.25. The number of halogens is 5. The van der Waals surface area contributed by atoms with Crippen molar-refractivity contribution in [2.75, 3.05) is 13.2 Å². The van der Waals surface area contributed by atoms with Gasteiger partial charge in [-0.1, -0.05) is 55.0 Å². The Labute approximate surface area is 209 Å². The minimum absolute atomic E-state index is 0.0677. The number of rotatable bonds is 9. The lowest BCUT2D eigenvalue weighted by Crippen LogP contribution is -2.27. The number of carbonyl (C=O) groups is 2. The zero-order chi connectivity index (χ0) is 26.5. The summed E-state index contributed by atoms with van der Waals surface area (Å²) in [5.41, 5.74) is 4.42. The Bertz CT molecular complexity index is 1260. The molecule has 0 aliphatic heterocycles. The molecule has 5 nitrogen and oxygen atoms in total. The lowest BCUT2D eigenvalue weighted by Gasteiger charge is -2.14. The van der Waals surface area contributed by atoms with Crippen LogP contribution >= 0.6 is 0 Å². The van der Waals surface area contributed by atoms with E-state index in [1.807, 2.05) is 48.5 Å². The maximum Gasteiger partial charge on any atom is 0.407 e. The van der Waals surface area contributed by atoms with Crippen LogP contribution in [-0.2, 0) is 9.53 Å². The molecule has 0 bridgehead atoms. The van der Waals surface area contributed by atoms with Crippen molar-refractivity contribution < 1.29 is 41.0 Å². The number of alkyl carbamates (subject to hydrolysis) is 1. The number of amides is 1. The number of hydrogen-bond acceptors (Lipinski definition) is 4. The molecule has 1 aliphatic carbocycles. The van der Waals surface area contributed by atoms with Gasteiger partial charge in [-0.3, -0.25) is 4.79 Å². The molecule has 3 aromatic rings. The van der Waals surface area contributed by atoms with Gasteiger partial charge in [-0.2, -0.15) is 8.78 Å². The first-order valence-electron chi connectivity index (χ1n) is 11.6. The van der Waals surface area contributed by atoms with E-state index in [1.165, 1.54) is 0 Å². The summed E-state index contributed by atoms with van der Waals surface area (Å²) in [5.74, 6) is -14.0. The minimum Gasteiger partial charge on any atom is -0.449 e. The number of carbonyl (C=O) groups excluding carboxylic acids is 2. The minimum atomic E-state index is -2.33. The molecule has 4 rings (SSSR count). The van der Waals surface area contributed by atoms with E-state index in [2.05, 4.69) is 10.1 Å². The van der Waals surface area contributed by atoms with E-state index < -0.39 is 46.9 Å². The van der Waals surface area contributed by atoms with E-state index in [-0.39, 0.29) is 31.9 Å². The highest BCUT2D eigenvalue weighted by Crippen LogP contribution is 2.44. The predicted molar refractivity (Wildman–Crippen MR) is 123 cm³/mol. The van der Waals surface area contributed by atoms with Gasteiger partial charge in [0.15, 0.2) is 0 Å². The quantitative estimate of drug-likeness (QED) is 0.0889. The van der Waals surface area contributed by atoms with Crippen LogP contribution in [0, 0.1) is 29.1 Å². The van der Waals surface area contributed by atoms with Crippen molar-refractivity contribution in [1.29, 1.82) is 0 Å². The molecule has 37 heavy (non-hydrogen) atoms. The van der Waals surface area contributed by atoms with Gasteiger partial charge in [0, 0.05) is 18.9 Å². The molecule has 1 aliphatic rings. The molecule has 0 saturated heterocycles. The zero-order valence-corrected chi connectivity index (χ0v) is 19.5. The molecule has 0 fully saturated rings. The Morgan fingerprint density at radius 1 is 0.730 bits per heavy atom. The first-order chi connectivity index (χ1) is 17.8. The maximum absolute atomic E-state index is 13.6. The standard InChI is InChI=1S/C27H22F5NO4/c28-21-22(29)24(31)26(25(32)23(21)30)37-20(34)12-2-1-7-13-33-27(35)36-14-19-17-10-5-3-8-15(17)16-9-4-6-11-18(16)19/h3-6,8-11,19H,1-2,7,12-14H2,(H,33,35).